The molecule has 0 saturated carbocycles. The van der Waals surface area contributed by atoms with Crippen LogP contribution in [0.2, 0.25) is 0 Å². The Balaban J connectivity index is 1.61. The Hall–Kier alpha value is -5.45. The van der Waals surface area contributed by atoms with Crippen LogP contribution in [-0.2, 0) is 11.3 Å². The summed E-state index contributed by atoms with van der Waals surface area (Å²) in [6.45, 7) is 5.67. The van der Waals surface area contributed by atoms with Crippen LogP contribution < -0.4 is 26.1 Å². The molecule has 0 aliphatic carbocycles. The zero-order chi connectivity index (χ0) is 27.5. The van der Waals surface area contributed by atoms with E-state index in [-0.39, 0.29) is 17.2 Å². The number of nitrogens with two attached hydrogens (primary N) is 1. The molecule has 0 aliphatic rings. The van der Waals surface area contributed by atoms with Crippen molar-refractivity contribution in [2.24, 2.45) is 0 Å². The van der Waals surface area contributed by atoms with Crippen LogP contribution in [0, 0.1) is 6.92 Å². The van der Waals surface area contributed by atoms with Crippen LogP contribution in [0.1, 0.15) is 11.3 Å². The summed E-state index contributed by atoms with van der Waals surface area (Å²) in [5.74, 6) is 1.20. The maximum Gasteiger partial charge on any atom is 0.292 e. The number of hydrogen-bond acceptors (Lipinski definition) is 8. The second-order valence-corrected chi connectivity index (χ2v) is 8.60. The summed E-state index contributed by atoms with van der Waals surface area (Å²) >= 11 is 0. The van der Waals surface area contributed by atoms with Crippen LogP contribution in [0.15, 0.2) is 78.1 Å². The number of aromatic nitrogens is 5. The number of carbonyl (C=O) groups is 1. The molecule has 4 N–H and O–H groups in total. The number of aromatic amines is 1. The van der Waals surface area contributed by atoms with Gasteiger partial charge in [-0.2, -0.15) is 10.2 Å². The van der Waals surface area contributed by atoms with Gasteiger partial charge in [0.1, 0.15) is 0 Å². The second-order valence-electron chi connectivity index (χ2n) is 8.60. The van der Waals surface area contributed by atoms with Crippen LogP contribution in [0.3, 0.4) is 0 Å². The lowest BCUT2D eigenvalue weighted by Gasteiger charge is -2.14. The summed E-state index contributed by atoms with van der Waals surface area (Å²) in [5, 5.41) is 14.1. The van der Waals surface area contributed by atoms with E-state index in [0.29, 0.717) is 46.3 Å². The molecule has 0 atom stereocenters. The van der Waals surface area contributed by atoms with Crippen LogP contribution in [0.4, 0.5) is 5.82 Å². The molecule has 1 amide bonds. The Morgan fingerprint density at radius 3 is 2.67 bits per heavy atom. The second kappa shape index (κ2) is 10.5. The maximum absolute atomic E-state index is 12.6. The molecule has 0 radical (unpaired) electrons. The van der Waals surface area contributed by atoms with Crippen molar-refractivity contribution in [1.29, 1.82) is 0 Å². The number of H-pyrrole nitrogens is 1. The normalized spacial score (nSPS) is 10.8. The number of ether oxygens (including phenoxy) is 2. The van der Waals surface area contributed by atoms with Gasteiger partial charge in [0.2, 0.25) is 11.8 Å². The predicted molar refractivity (Wildman–Crippen MR) is 147 cm³/mol. The van der Waals surface area contributed by atoms with Gasteiger partial charge < -0.3 is 20.5 Å². The third-order valence-corrected chi connectivity index (χ3v) is 5.98. The molecule has 0 bridgehead atoms. The summed E-state index contributed by atoms with van der Waals surface area (Å²) in [5.41, 5.74) is 9.48. The van der Waals surface area contributed by atoms with Gasteiger partial charge in [-0.05, 0) is 55.0 Å². The van der Waals surface area contributed by atoms with E-state index in [1.54, 1.807) is 22.9 Å². The summed E-state index contributed by atoms with van der Waals surface area (Å²) in [6.07, 6.45) is 1.22. The lowest BCUT2D eigenvalue weighted by Crippen LogP contribution is -2.19. The van der Waals surface area contributed by atoms with E-state index < -0.39 is 5.56 Å². The molecule has 11 nitrogen and oxygen atoms in total. The van der Waals surface area contributed by atoms with Gasteiger partial charge in [0.25, 0.3) is 5.56 Å². The number of pyridine rings is 1. The summed E-state index contributed by atoms with van der Waals surface area (Å²) in [6, 6.07) is 18.2. The number of hydrogen-bond donors (Lipinski definition) is 3. The standard InChI is InChI=1S/C28H25N7O4/c1-4-22(36)30-15-17-8-11-19(12-9-17)35-26(24-25(34-35)28(37)33-32-27(24)29)18-10-13-20(21(14-18)38-3)39-23-7-5-6-16(2)31-23/h4-14H,1,15H2,2-3H3,(H2,29,32)(H,30,36)(H,33,37). The molecular weight excluding hydrogens is 498 g/mol. The number of fused-ring (bicyclic) bond motifs is 1. The smallest absolute Gasteiger partial charge is 0.292 e. The van der Waals surface area contributed by atoms with Crippen molar-refractivity contribution >= 4 is 22.6 Å². The van der Waals surface area contributed by atoms with E-state index in [1.807, 2.05) is 49.4 Å². The zero-order valence-electron chi connectivity index (χ0n) is 21.3. The van der Waals surface area contributed by atoms with Gasteiger partial charge in [0, 0.05) is 23.9 Å². The Kier molecular flexibility index (Phi) is 6.79. The largest absolute Gasteiger partial charge is 0.493 e. The number of nitrogen functional groups attached to an aromatic ring is 1. The highest BCUT2D eigenvalue weighted by atomic mass is 16.5. The first-order chi connectivity index (χ1) is 18.9. The summed E-state index contributed by atoms with van der Waals surface area (Å²) < 4.78 is 13.2. The lowest BCUT2D eigenvalue weighted by atomic mass is 10.1. The van der Waals surface area contributed by atoms with Gasteiger partial charge in [-0.15, -0.1) is 0 Å². The topological polar surface area (TPSA) is 150 Å². The molecule has 2 aromatic carbocycles. The maximum atomic E-state index is 12.6. The number of benzene rings is 2. The molecule has 0 spiro atoms. The van der Waals surface area contributed by atoms with E-state index in [9.17, 15) is 9.59 Å². The highest BCUT2D eigenvalue weighted by molar-refractivity contribution is 6.00. The average Bonchev–Trinajstić information content (AvgIpc) is 3.36. The highest BCUT2D eigenvalue weighted by Crippen LogP contribution is 2.38. The van der Waals surface area contributed by atoms with Gasteiger partial charge in [0.15, 0.2) is 22.8 Å². The van der Waals surface area contributed by atoms with Crippen molar-refractivity contribution < 1.29 is 14.3 Å². The fourth-order valence-corrected chi connectivity index (χ4v) is 4.10. The van der Waals surface area contributed by atoms with Gasteiger partial charge in [-0.3, -0.25) is 9.59 Å². The predicted octanol–water partition coefficient (Wildman–Crippen LogP) is 3.66. The minimum Gasteiger partial charge on any atom is -0.493 e. The fraction of sp³-hybridized carbons (Fsp3) is 0.107. The number of methoxy groups -OCH3 is 1. The SMILES string of the molecule is C=CC(=O)NCc1ccc(-n2nc3c(=O)[nH]nc(N)c3c2-c2ccc(Oc3cccc(C)n3)c(OC)c2)cc1. The molecule has 11 heteroatoms. The minimum absolute atomic E-state index is 0.123. The zero-order valence-corrected chi connectivity index (χ0v) is 21.3. The van der Waals surface area contributed by atoms with Gasteiger partial charge in [-0.25, -0.2) is 14.8 Å². The third kappa shape index (κ3) is 5.05. The highest BCUT2D eigenvalue weighted by Gasteiger charge is 2.22. The molecule has 5 aromatic rings. The van der Waals surface area contributed by atoms with E-state index in [0.717, 1.165) is 11.3 Å². The quantitative estimate of drug-likeness (QED) is 0.261. The number of aryl methyl sites for hydroxylation is 1. The van der Waals surface area contributed by atoms with Gasteiger partial charge >= 0.3 is 0 Å². The van der Waals surface area contributed by atoms with Crippen molar-refractivity contribution in [2.75, 3.05) is 12.8 Å². The lowest BCUT2D eigenvalue weighted by molar-refractivity contribution is -0.116. The van der Waals surface area contributed by atoms with Crippen LogP contribution in [0.5, 0.6) is 17.4 Å². The number of carbonyl (C=O) groups excluding carboxylic acids is 1. The van der Waals surface area contributed by atoms with E-state index in [4.69, 9.17) is 15.2 Å². The number of rotatable bonds is 8. The molecule has 196 valence electrons. The van der Waals surface area contributed by atoms with E-state index >= 15 is 0 Å². The van der Waals surface area contributed by atoms with E-state index in [2.05, 4.69) is 32.2 Å². The van der Waals surface area contributed by atoms with Crippen molar-refractivity contribution in [3.8, 4) is 34.3 Å². The van der Waals surface area contributed by atoms with Crippen molar-refractivity contribution in [3.05, 3.63) is 94.9 Å². The first-order valence-corrected chi connectivity index (χ1v) is 11.9. The molecule has 3 aromatic heterocycles. The monoisotopic (exact) mass is 523 g/mol. The third-order valence-electron chi connectivity index (χ3n) is 5.98. The summed E-state index contributed by atoms with van der Waals surface area (Å²) in [4.78, 5) is 28.5. The Morgan fingerprint density at radius 1 is 1.15 bits per heavy atom. The summed E-state index contributed by atoms with van der Waals surface area (Å²) in [7, 11) is 1.54. The molecule has 0 fully saturated rings. The molecule has 5 rings (SSSR count). The molecular formula is C28H25N7O4. The van der Waals surface area contributed by atoms with Crippen LogP contribution in [0.25, 0.3) is 27.8 Å². The fourth-order valence-electron chi connectivity index (χ4n) is 4.10. The number of nitrogens with zero attached hydrogens (tertiary/aromatic N) is 4. The van der Waals surface area contributed by atoms with E-state index in [1.165, 1.54) is 13.2 Å². The minimum atomic E-state index is -0.472. The number of anilines is 1. The molecule has 3 heterocycles. The molecule has 0 unspecified atom stereocenters. The van der Waals surface area contributed by atoms with Crippen molar-refractivity contribution in [1.82, 2.24) is 30.3 Å². The Morgan fingerprint density at radius 2 is 1.95 bits per heavy atom. The number of nitrogens with one attached hydrogen (secondary N) is 2. The molecule has 0 aliphatic heterocycles. The molecule has 0 saturated heterocycles. The number of amides is 1. The Labute approximate surface area is 222 Å². The van der Waals surface area contributed by atoms with Crippen LogP contribution >= 0.6 is 0 Å². The van der Waals surface area contributed by atoms with Gasteiger partial charge in [0.05, 0.1) is 23.9 Å². The first-order valence-electron chi connectivity index (χ1n) is 11.9. The van der Waals surface area contributed by atoms with Crippen molar-refractivity contribution in [3.63, 3.8) is 0 Å². The van der Waals surface area contributed by atoms with Gasteiger partial charge in [-0.1, -0.05) is 24.8 Å². The van der Waals surface area contributed by atoms with Crippen molar-refractivity contribution in [2.45, 2.75) is 13.5 Å². The first kappa shape index (κ1) is 25.2. The Bertz CT molecular complexity index is 1760. The van der Waals surface area contributed by atoms with Crippen LogP contribution in [-0.4, -0.2) is 38.0 Å². The molecule has 39 heavy (non-hydrogen) atoms. The average molecular weight is 524 g/mol.